The molecule has 0 bridgehead atoms. The van der Waals surface area contributed by atoms with Gasteiger partial charge in [0.25, 0.3) is 0 Å². The third kappa shape index (κ3) is 3.79. The van der Waals surface area contributed by atoms with Gasteiger partial charge in [-0.2, -0.15) is 0 Å². The first-order chi connectivity index (χ1) is 7.65. The highest BCUT2D eigenvalue weighted by atomic mass is 32.1. The lowest BCUT2D eigenvalue weighted by Gasteiger charge is -2.25. The van der Waals surface area contributed by atoms with Crippen molar-refractivity contribution < 1.29 is 0 Å². The standard InChI is InChI=1S/C12H19N3S/c1-13-12(16)14-9-11(15(2)3)10-7-5-4-6-8-10/h4-8,11H,9H2,1-3H3,(H2,13,14,16)/t11-/m1/s1. The zero-order chi connectivity index (χ0) is 12.0. The van der Waals surface area contributed by atoms with Crippen LogP contribution in [0.3, 0.4) is 0 Å². The molecule has 4 heteroatoms. The van der Waals surface area contributed by atoms with Gasteiger partial charge in [0.2, 0.25) is 0 Å². The monoisotopic (exact) mass is 237 g/mol. The van der Waals surface area contributed by atoms with Crippen molar-refractivity contribution in [3.63, 3.8) is 0 Å². The van der Waals surface area contributed by atoms with E-state index in [9.17, 15) is 0 Å². The number of hydrogen-bond donors (Lipinski definition) is 2. The second-order valence-electron chi connectivity index (χ2n) is 3.85. The minimum absolute atomic E-state index is 0.326. The van der Waals surface area contributed by atoms with Crippen molar-refractivity contribution in [1.82, 2.24) is 15.5 Å². The molecule has 16 heavy (non-hydrogen) atoms. The van der Waals surface area contributed by atoms with Gasteiger partial charge in [-0.1, -0.05) is 30.3 Å². The number of rotatable bonds is 4. The molecule has 0 heterocycles. The quantitative estimate of drug-likeness (QED) is 0.774. The lowest BCUT2D eigenvalue weighted by Crippen LogP contribution is -2.38. The van der Waals surface area contributed by atoms with Gasteiger partial charge in [0.15, 0.2) is 5.11 Å². The van der Waals surface area contributed by atoms with E-state index in [2.05, 4.69) is 53.9 Å². The summed E-state index contributed by atoms with van der Waals surface area (Å²) in [5.41, 5.74) is 1.29. The van der Waals surface area contributed by atoms with Crippen LogP contribution < -0.4 is 10.6 Å². The van der Waals surface area contributed by atoms with Gasteiger partial charge < -0.3 is 15.5 Å². The smallest absolute Gasteiger partial charge is 0.166 e. The summed E-state index contributed by atoms with van der Waals surface area (Å²) in [4.78, 5) is 2.18. The maximum absolute atomic E-state index is 5.07. The van der Waals surface area contributed by atoms with Crippen molar-refractivity contribution in [1.29, 1.82) is 0 Å². The van der Waals surface area contributed by atoms with Crippen LogP contribution in [0, 0.1) is 0 Å². The summed E-state index contributed by atoms with van der Waals surface area (Å²) in [7, 11) is 5.96. The molecule has 0 radical (unpaired) electrons. The van der Waals surface area contributed by atoms with E-state index in [1.165, 1.54) is 5.56 Å². The van der Waals surface area contributed by atoms with E-state index < -0.39 is 0 Å². The molecule has 0 spiro atoms. The number of benzene rings is 1. The van der Waals surface area contributed by atoms with Gasteiger partial charge in [-0.3, -0.25) is 0 Å². The van der Waals surface area contributed by atoms with Crippen LogP contribution in [-0.2, 0) is 0 Å². The van der Waals surface area contributed by atoms with Crippen molar-refractivity contribution in [3.05, 3.63) is 35.9 Å². The molecule has 2 N–H and O–H groups in total. The van der Waals surface area contributed by atoms with Crippen LogP contribution in [0.25, 0.3) is 0 Å². The van der Waals surface area contributed by atoms with Crippen LogP contribution in [0.15, 0.2) is 30.3 Å². The predicted molar refractivity (Wildman–Crippen MR) is 72.5 cm³/mol. The van der Waals surface area contributed by atoms with E-state index >= 15 is 0 Å². The lowest BCUT2D eigenvalue weighted by atomic mass is 10.1. The van der Waals surface area contributed by atoms with E-state index in [1.807, 2.05) is 13.1 Å². The molecule has 0 aliphatic heterocycles. The van der Waals surface area contributed by atoms with Crippen LogP contribution in [-0.4, -0.2) is 37.7 Å². The van der Waals surface area contributed by atoms with Crippen LogP contribution >= 0.6 is 12.2 Å². The number of hydrogen-bond acceptors (Lipinski definition) is 2. The summed E-state index contributed by atoms with van der Waals surface area (Å²) < 4.78 is 0. The van der Waals surface area contributed by atoms with Gasteiger partial charge in [0.05, 0.1) is 6.04 Å². The maximum atomic E-state index is 5.07. The Morgan fingerprint density at radius 2 is 1.94 bits per heavy atom. The second kappa shape index (κ2) is 6.45. The third-order valence-corrected chi connectivity index (χ3v) is 2.84. The Hall–Kier alpha value is -1.13. The predicted octanol–water partition coefficient (Wildman–Crippen LogP) is 1.38. The summed E-state index contributed by atoms with van der Waals surface area (Å²) in [6, 6.07) is 10.7. The van der Waals surface area contributed by atoms with Crippen LogP contribution in [0.2, 0.25) is 0 Å². The Labute approximate surface area is 103 Å². The van der Waals surface area contributed by atoms with Gasteiger partial charge in [-0.15, -0.1) is 0 Å². The summed E-state index contributed by atoms with van der Waals surface area (Å²) in [6.07, 6.45) is 0. The highest BCUT2D eigenvalue weighted by Crippen LogP contribution is 2.16. The molecule has 1 atom stereocenters. The molecule has 0 aliphatic rings. The molecule has 0 saturated carbocycles. The van der Waals surface area contributed by atoms with Gasteiger partial charge >= 0.3 is 0 Å². The van der Waals surface area contributed by atoms with E-state index in [4.69, 9.17) is 12.2 Å². The van der Waals surface area contributed by atoms with Gasteiger partial charge in [0, 0.05) is 13.6 Å². The molecule has 0 saturated heterocycles. The first-order valence-corrected chi connectivity index (χ1v) is 5.73. The van der Waals surface area contributed by atoms with Crippen LogP contribution in [0.1, 0.15) is 11.6 Å². The lowest BCUT2D eigenvalue weighted by molar-refractivity contribution is 0.298. The zero-order valence-electron chi connectivity index (χ0n) is 10.0. The normalized spacial score (nSPS) is 12.2. The van der Waals surface area contributed by atoms with Crippen molar-refractivity contribution >= 4 is 17.3 Å². The molecule has 0 fully saturated rings. The number of thiocarbonyl (C=S) groups is 1. The summed E-state index contributed by atoms with van der Waals surface area (Å²) in [5, 5.41) is 6.79. The SMILES string of the molecule is CNC(=S)NC[C@H](c1ccccc1)N(C)C. The number of nitrogens with one attached hydrogen (secondary N) is 2. The fourth-order valence-corrected chi connectivity index (χ4v) is 1.63. The van der Waals surface area contributed by atoms with E-state index in [-0.39, 0.29) is 0 Å². The van der Waals surface area contributed by atoms with Crippen molar-refractivity contribution in [3.8, 4) is 0 Å². The minimum atomic E-state index is 0.326. The Morgan fingerprint density at radius 3 is 2.44 bits per heavy atom. The van der Waals surface area contributed by atoms with E-state index in [0.29, 0.717) is 11.2 Å². The van der Waals surface area contributed by atoms with Gasteiger partial charge in [0.1, 0.15) is 0 Å². The Morgan fingerprint density at radius 1 is 1.31 bits per heavy atom. The third-order valence-electron chi connectivity index (χ3n) is 2.49. The molecule has 0 amide bonds. The first kappa shape index (κ1) is 12.9. The topological polar surface area (TPSA) is 27.3 Å². The van der Waals surface area contributed by atoms with Crippen molar-refractivity contribution in [2.45, 2.75) is 6.04 Å². The van der Waals surface area contributed by atoms with Gasteiger partial charge in [-0.25, -0.2) is 0 Å². The molecule has 0 unspecified atom stereocenters. The van der Waals surface area contributed by atoms with Crippen molar-refractivity contribution in [2.24, 2.45) is 0 Å². The van der Waals surface area contributed by atoms with Crippen LogP contribution in [0.5, 0.6) is 0 Å². The number of likely N-dealkylation sites (N-methyl/N-ethyl adjacent to an activating group) is 1. The van der Waals surface area contributed by atoms with Crippen molar-refractivity contribution in [2.75, 3.05) is 27.7 Å². The fraction of sp³-hybridized carbons (Fsp3) is 0.417. The summed E-state index contributed by atoms with van der Waals surface area (Å²) >= 11 is 5.07. The molecular formula is C12H19N3S. The average molecular weight is 237 g/mol. The highest BCUT2D eigenvalue weighted by Gasteiger charge is 2.13. The number of nitrogens with zero attached hydrogens (tertiary/aromatic N) is 1. The molecule has 3 nitrogen and oxygen atoms in total. The summed E-state index contributed by atoms with van der Waals surface area (Å²) in [6.45, 7) is 0.802. The highest BCUT2D eigenvalue weighted by molar-refractivity contribution is 7.80. The van der Waals surface area contributed by atoms with E-state index in [0.717, 1.165) is 6.54 Å². The molecule has 1 aromatic carbocycles. The largest absolute Gasteiger partial charge is 0.366 e. The summed E-state index contributed by atoms with van der Waals surface area (Å²) in [5.74, 6) is 0. The zero-order valence-corrected chi connectivity index (χ0v) is 10.8. The first-order valence-electron chi connectivity index (χ1n) is 5.32. The molecule has 1 rings (SSSR count). The molecular weight excluding hydrogens is 218 g/mol. The fourth-order valence-electron chi connectivity index (χ4n) is 1.55. The Bertz CT molecular complexity index is 324. The molecule has 0 aliphatic carbocycles. The van der Waals surface area contributed by atoms with Gasteiger partial charge in [-0.05, 0) is 31.9 Å². The molecule has 88 valence electrons. The average Bonchev–Trinajstić information content (AvgIpc) is 2.30. The second-order valence-corrected chi connectivity index (χ2v) is 4.26. The maximum Gasteiger partial charge on any atom is 0.166 e. The van der Waals surface area contributed by atoms with E-state index in [1.54, 1.807) is 0 Å². The Balaban J connectivity index is 2.66. The van der Waals surface area contributed by atoms with Crippen LogP contribution in [0.4, 0.5) is 0 Å². The molecule has 0 aromatic heterocycles. The minimum Gasteiger partial charge on any atom is -0.366 e. The Kier molecular flexibility index (Phi) is 5.22. The molecule has 1 aromatic rings.